The monoisotopic (exact) mass is 725 g/mol. The number of rotatable bonds is 7. The van der Waals surface area contributed by atoms with Gasteiger partial charge in [-0.3, -0.25) is 0 Å². The van der Waals surface area contributed by atoms with Gasteiger partial charge in [-0.05, 0) is 92.0 Å². The van der Waals surface area contributed by atoms with Crippen LogP contribution in [0.2, 0.25) is 0 Å². The van der Waals surface area contributed by atoms with E-state index in [4.69, 9.17) is 9.97 Å². The fraction of sp³-hybridized carbons (Fsp3) is 0.0185. The van der Waals surface area contributed by atoms with Crippen LogP contribution >= 0.6 is 0 Å². The van der Waals surface area contributed by atoms with Crippen LogP contribution in [0.25, 0.3) is 67.3 Å². The SMILES string of the molecule is N#Cc1ccc2c(c1)-c1ccc(-c3cccc(-c4cccc(-c5cc(-c6ccccc6)nc(-c6ccccc6)n5)c4)c3)cc1C2(c1ccccc1)c1ccccc1. The van der Waals surface area contributed by atoms with E-state index in [-0.39, 0.29) is 0 Å². The number of nitriles is 1. The average molecular weight is 726 g/mol. The second kappa shape index (κ2) is 14.2. The first-order valence-electron chi connectivity index (χ1n) is 19.2. The quantitative estimate of drug-likeness (QED) is 0.164. The topological polar surface area (TPSA) is 49.6 Å². The van der Waals surface area contributed by atoms with E-state index in [1.54, 1.807) is 0 Å². The molecule has 0 fully saturated rings. The molecule has 1 aliphatic rings. The summed E-state index contributed by atoms with van der Waals surface area (Å²) in [7, 11) is 0. The van der Waals surface area contributed by atoms with Crippen LogP contribution < -0.4 is 0 Å². The van der Waals surface area contributed by atoms with Crippen LogP contribution in [0, 0.1) is 11.3 Å². The van der Waals surface area contributed by atoms with Gasteiger partial charge in [0.1, 0.15) is 0 Å². The van der Waals surface area contributed by atoms with Gasteiger partial charge in [0.05, 0.1) is 28.4 Å². The summed E-state index contributed by atoms with van der Waals surface area (Å²) in [5.41, 5.74) is 16.4. The van der Waals surface area contributed by atoms with Crippen LogP contribution in [0.1, 0.15) is 27.8 Å². The fourth-order valence-electron chi connectivity index (χ4n) is 8.55. The van der Waals surface area contributed by atoms with Gasteiger partial charge >= 0.3 is 0 Å². The minimum atomic E-state index is -0.558. The molecule has 0 N–H and O–H groups in total. The smallest absolute Gasteiger partial charge is 0.160 e. The molecule has 0 bridgehead atoms. The third-order valence-corrected chi connectivity index (χ3v) is 11.2. The first-order chi connectivity index (χ1) is 28.2. The van der Waals surface area contributed by atoms with Crippen molar-refractivity contribution in [2.75, 3.05) is 0 Å². The highest BCUT2D eigenvalue weighted by Crippen LogP contribution is 2.57. The lowest BCUT2D eigenvalue weighted by molar-refractivity contribution is 0.768. The van der Waals surface area contributed by atoms with E-state index in [9.17, 15) is 5.26 Å². The van der Waals surface area contributed by atoms with E-state index in [1.807, 2.05) is 42.5 Å². The second-order valence-corrected chi connectivity index (χ2v) is 14.5. The number of fused-ring (bicyclic) bond motifs is 3. The molecule has 1 aliphatic carbocycles. The largest absolute Gasteiger partial charge is 0.228 e. The number of aromatic nitrogens is 2. The van der Waals surface area contributed by atoms with Crippen molar-refractivity contribution in [3.8, 4) is 73.4 Å². The summed E-state index contributed by atoms with van der Waals surface area (Å²) >= 11 is 0. The third-order valence-electron chi connectivity index (χ3n) is 11.2. The minimum Gasteiger partial charge on any atom is -0.228 e. The zero-order valence-electron chi connectivity index (χ0n) is 31.0. The summed E-state index contributed by atoms with van der Waals surface area (Å²) in [6, 6.07) is 76.9. The maximum Gasteiger partial charge on any atom is 0.160 e. The van der Waals surface area contributed by atoms with Gasteiger partial charge in [0.2, 0.25) is 0 Å². The van der Waals surface area contributed by atoms with Crippen molar-refractivity contribution in [3.05, 3.63) is 240 Å². The Balaban J connectivity index is 1.09. The van der Waals surface area contributed by atoms with Crippen molar-refractivity contribution in [3.63, 3.8) is 0 Å². The van der Waals surface area contributed by atoms with E-state index in [0.717, 1.165) is 61.5 Å². The van der Waals surface area contributed by atoms with Gasteiger partial charge in [0, 0.05) is 16.7 Å². The molecule has 0 saturated heterocycles. The van der Waals surface area contributed by atoms with E-state index >= 15 is 0 Å². The van der Waals surface area contributed by atoms with Crippen molar-refractivity contribution in [2.24, 2.45) is 0 Å². The molecular formula is C54H35N3. The molecule has 0 amide bonds. The van der Waals surface area contributed by atoms with Crippen LogP contribution in [0.4, 0.5) is 0 Å². The van der Waals surface area contributed by atoms with Crippen LogP contribution in [0.15, 0.2) is 212 Å². The zero-order valence-corrected chi connectivity index (χ0v) is 31.0. The number of hydrogen-bond acceptors (Lipinski definition) is 3. The molecule has 266 valence electrons. The van der Waals surface area contributed by atoms with Crippen LogP contribution in [0.5, 0.6) is 0 Å². The van der Waals surface area contributed by atoms with E-state index in [2.05, 4.69) is 176 Å². The van der Waals surface area contributed by atoms with Gasteiger partial charge in [0.15, 0.2) is 5.82 Å². The Morgan fingerprint density at radius 1 is 0.351 bits per heavy atom. The van der Waals surface area contributed by atoms with Gasteiger partial charge in [-0.2, -0.15) is 5.26 Å². The zero-order chi connectivity index (χ0) is 38.2. The Labute approximate surface area is 332 Å². The second-order valence-electron chi connectivity index (χ2n) is 14.5. The maximum atomic E-state index is 9.94. The van der Waals surface area contributed by atoms with Gasteiger partial charge in [-0.1, -0.05) is 176 Å². The molecule has 57 heavy (non-hydrogen) atoms. The Kier molecular flexibility index (Phi) is 8.43. The molecule has 0 radical (unpaired) electrons. The molecule has 8 aromatic carbocycles. The molecule has 10 rings (SSSR count). The van der Waals surface area contributed by atoms with E-state index < -0.39 is 5.41 Å². The van der Waals surface area contributed by atoms with E-state index in [0.29, 0.717) is 11.4 Å². The summed E-state index contributed by atoms with van der Waals surface area (Å²) in [6.45, 7) is 0. The minimum absolute atomic E-state index is 0.558. The molecule has 1 aromatic heterocycles. The number of hydrogen-bond donors (Lipinski definition) is 0. The highest BCUT2D eigenvalue weighted by molar-refractivity contribution is 5.89. The van der Waals surface area contributed by atoms with Gasteiger partial charge in [-0.25, -0.2) is 9.97 Å². The standard InChI is InChI=1S/C54H35N3/c55-36-37-27-30-49-48(31-37)47-29-28-43(34-50(47)54(49,45-23-9-3-10-24-45)46-25-11-4-12-26-46)41-20-13-19-40(32-41)42-21-14-22-44(33-42)52-35-51(38-15-5-1-6-16-38)56-53(57-52)39-17-7-2-8-18-39/h1-35H. The molecule has 3 nitrogen and oxygen atoms in total. The highest BCUT2D eigenvalue weighted by Gasteiger charge is 2.46. The molecule has 0 spiro atoms. The first-order valence-corrected chi connectivity index (χ1v) is 19.2. The van der Waals surface area contributed by atoms with Crippen molar-refractivity contribution >= 4 is 0 Å². The van der Waals surface area contributed by atoms with Crippen molar-refractivity contribution in [2.45, 2.75) is 5.41 Å². The molecule has 0 aliphatic heterocycles. The van der Waals surface area contributed by atoms with Crippen LogP contribution in [0.3, 0.4) is 0 Å². The molecular weight excluding hydrogens is 691 g/mol. The normalized spacial score (nSPS) is 12.3. The lowest BCUT2D eigenvalue weighted by Crippen LogP contribution is -2.28. The maximum absolute atomic E-state index is 9.94. The lowest BCUT2D eigenvalue weighted by atomic mass is 9.67. The third kappa shape index (κ3) is 5.92. The molecule has 9 aromatic rings. The van der Waals surface area contributed by atoms with Crippen LogP contribution in [-0.4, -0.2) is 9.97 Å². The summed E-state index contributed by atoms with van der Waals surface area (Å²) in [5.74, 6) is 0.698. The Morgan fingerprint density at radius 2 is 0.842 bits per heavy atom. The number of benzene rings is 8. The van der Waals surface area contributed by atoms with Gasteiger partial charge in [-0.15, -0.1) is 0 Å². The average Bonchev–Trinajstić information content (AvgIpc) is 3.59. The van der Waals surface area contributed by atoms with Gasteiger partial charge < -0.3 is 0 Å². The summed E-state index contributed by atoms with van der Waals surface area (Å²) < 4.78 is 0. The number of nitrogens with zero attached hydrogens (tertiary/aromatic N) is 3. The van der Waals surface area contributed by atoms with Crippen molar-refractivity contribution in [1.29, 1.82) is 5.26 Å². The Hall–Kier alpha value is -7.67. The predicted molar refractivity (Wildman–Crippen MR) is 231 cm³/mol. The first kappa shape index (κ1) is 33.9. The van der Waals surface area contributed by atoms with E-state index in [1.165, 1.54) is 22.3 Å². The fourth-order valence-corrected chi connectivity index (χ4v) is 8.55. The summed E-state index contributed by atoms with van der Waals surface area (Å²) in [5, 5.41) is 9.94. The molecule has 1 heterocycles. The van der Waals surface area contributed by atoms with Gasteiger partial charge in [0.25, 0.3) is 0 Å². The molecule has 0 atom stereocenters. The van der Waals surface area contributed by atoms with Crippen molar-refractivity contribution in [1.82, 2.24) is 9.97 Å². The highest BCUT2D eigenvalue weighted by atomic mass is 14.9. The summed E-state index contributed by atoms with van der Waals surface area (Å²) in [6.07, 6.45) is 0. The van der Waals surface area contributed by atoms with Crippen molar-refractivity contribution < 1.29 is 0 Å². The predicted octanol–water partition coefficient (Wildman–Crippen LogP) is 13.0. The molecule has 0 saturated carbocycles. The summed E-state index contributed by atoms with van der Waals surface area (Å²) in [4.78, 5) is 10.1. The Morgan fingerprint density at radius 3 is 1.44 bits per heavy atom. The van der Waals surface area contributed by atoms with Crippen LogP contribution in [-0.2, 0) is 5.41 Å². The Bertz CT molecular complexity index is 2850. The molecule has 0 unspecified atom stereocenters. The lowest BCUT2D eigenvalue weighted by Gasteiger charge is -2.34. The molecule has 3 heteroatoms.